The number of piperidine rings is 1. The van der Waals surface area contributed by atoms with Crippen LogP contribution in [0.2, 0.25) is 0 Å². The number of hydrogen-bond acceptors (Lipinski definition) is 3. The van der Waals surface area contributed by atoms with Crippen LogP contribution in [0.25, 0.3) is 6.08 Å². The Morgan fingerprint density at radius 1 is 1.35 bits per heavy atom. The summed E-state index contributed by atoms with van der Waals surface area (Å²) in [5.41, 5.74) is 1.11. The molecule has 0 saturated carbocycles. The third-order valence-electron chi connectivity index (χ3n) is 4.14. The van der Waals surface area contributed by atoms with E-state index in [0.717, 1.165) is 30.8 Å². The third kappa shape index (κ3) is 3.84. The second-order valence-electron chi connectivity index (χ2n) is 5.57. The van der Waals surface area contributed by atoms with E-state index in [1.54, 1.807) is 7.11 Å². The Kier molecular flexibility index (Phi) is 5.62. The van der Waals surface area contributed by atoms with Gasteiger partial charge in [0.2, 0.25) is 0 Å². The minimum atomic E-state index is 0.305. The summed E-state index contributed by atoms with van der Waals surface area (Å²) in [5.74, 6) is 1.34. The highest BCUT2D eigenvalue weighted by atomic mass is 16.5. The summed E-state index contributed by atoms with van der Waals surface area (Å²) in [6.07, 6.45) is 6.63. The number of rotatable bonds is 5. The van der Waals surface area contributed by atoms with Crippen LogP contribution in [0, 0.1) is 5.92 Å². The normalized spacial score (nSPS) is 24.1. The van der Waals surface area contributed by atoms with Crippen LogP contribution < -0.4 is 4.74 Å². The van der Waals surface area contributed by atoms with E-state index in [-0.39, 0.29) is 0 Å². The van der Waals surface area contributed by atoms with Gasteiger partial charge in [0.05, 0.1) is 7.11 Å². The van der Waals surface area contributed by atoms with Crippen LogP contribution in [-0.4, -0.2) is 42.9 Å². The number of hydrogen-bond donors (Lipinski definition) is 1. The van der Waals surface area contributed by atoms with Crippen LogP contribution in [0.1, 0.15) is 25.3 Å². The molecule has 0 aromatic heterocycles. The number of methoxy groups -OCH3 is 1. The van der Waals surface area contributed by atoms with Gasteiger partial charge in [0, 0.05) is 31.3 Å². The van der Waals surface area contributed by atoms with Gasteiger partial charge in [0.1, 0.15) is 5.75 Å². The number of aliphatic hydroxyl groups is 1. The lowest BCUT2D eigenvalue weighted by Crippen LogP contribution is -2.42. The Labute approximate surface area is 121 Å². The highest BCUT2D eigenvalue weighted by molar-refractivity contribution is 5.57. The van der Waals surface area contributed by atoms with Crippen molar-refractivity contribution in [2.75, 3.05) is 26.8 Å². The molecule has 110 valence electrons. The number of nitrogens with zero attached hydrogens (tertiary/aromatic N) is 1. The zero-order chi connectivity index (χ0) is 14.4. The Morgan fingerprint density at radius 2 is 2.15 bits per heavy atom. The average molecular weight is 275 g/mol. The molecule has 1 aromatic carbocycles. The molecule has 0 spiro atoms. The predicted octanol–water partition coefficient (Wildman–Crippen LogP) is 2.80. The van der Waals surface area contributed by atoms with Crippen molar-refractivity contribution in [3.8, 4) is 5.75 Å². The largest absolute Gasteiger partial charge is 0.496 e. The molecule has 20 heavy (non-hydrogen) atoms. The quantitative estimate of drug-likeness (QED) is 0.897. The molecule has 1 fully saturated rings. The van der Waals surface area contributed by atoms with Gasteiger partial charge >= 0.3 is 0 Å². The molecule has 1 saturated heterocycles. The Balaban J connectivity index is 1.95. The van der Waals surface area contributed by atoms with Crippen molar-refractivity contribution >= 4 is 6.08 Å². The van der Waals surface area contributed by atoms with Gasteiger partial charge in [0.25, 0.3) is 0 Å². The predicted molar refractivity (Wildman–Crippen MR) is 82.9 cm³/mol. The van der Waals surface area contributed by atoms with E-state index < -0.39 is 0 Å². The van der Waals surface area contributed by atoms with E-state index in [2.05, 4.69) is 30.0 Å². The molecular formula is C17H25NO2. The van der Waals surface area contributed by atoms with Gasteiger partial charge in [-0.15, -0.1) is 0 Å². The first-order valence-corrected chi connectivity index (χ1v) is 7.39. The first-order valence-electron chi connectivity index (χ1n) is 7.39. The van der Waals surface area contributed by atoms with E-state index in [4.69, 9.17) is 4.74 Å². The SMILES string of the molecule is COc1ccccc1/C=C/CN1CC(CO)CCC1C. The molecule has 2 unspecified atom stereocenters. The molecular weight excluding hydrogens is 250 g/mol. The van der Waals surface area contributed by atoms with Crippen molar-refractivity contribution < 1.29 is 9.84 Å². The fraction of sp³-hybridized carbons (Fsp3) is 0.529. The molecule has 0 radical (unpaired) electrons. The highest BCUT2D eigenvalue weighted by Crippen LogP contribution is 2.22. The number of aliphatic hydroxyl groups excluding tert-OH is 1. The second kappa shape index (κ2) is 7.46. The molecule has 0 bridgehead atoms. The summed E-state index contributed by atoms with van der Waals surface area (Å²) in [5, 5.41) is 9.31. The van der Waals surface area contributed by atoms with Crippen molar-refractivity contribution in [2.45, 2.75) is 25.8 Å². The standard InChI is InChI=1S/C17H25NO2/c1-14-9-10-15(13-19)12-18(14)11-5-7-16-6-3-4-8-17(16)20-2/h3-8,14-15,19H,9-13H2,1-2H3/b7-5+. The lowest BCUT2D eigenvalue weighted by atomic mass is 9.94. The Morgan fingerprint density at radius 3 is 2.90 bits per heavy atom. The third-order valence-corrected chi connectivity index (χ3v) is 4.14. The first kappa shape index (κ1) is 15.1. The fourth-order valence-electron chi connectivity index (χ4n) is 2.79. The van der Waals surface area contributed by atoms with Gasteiger partial charge in [-0.1, -0.05) is 30.4 Å². The van der Waals surface area contributed by atoms with Crippen LogP contribution in [0.3, 0.4) is 0 Å². The van der Waals surface area contributed by atoms with Crippen LogP contribution in [-0.2, 0) is 0 Å². The Bertz CT molecular complexity index is 444. The van der Waals surface area contributed by atoms with Crippen molar-refractivity contribution in [2.24, 2.45) is 5.92 Å². The van der Waals surface area contributed by atoms with Gasteiger partial charge in [0.15, 0.2) is 0 Å². The zero-order valence-electron chi connectivity index (χ0n) is 12.5. The molecule has 1 aliphatic rings. The number of para-hydroxylation sites is 1. The van der Waals surface area contributed by atoms with Crippen LogP contribution in [0.4, 0.5) is 0 Å². The zero-order valence-corrected chi connectivity index (χ0v) is 12.5. The molecule has 0 aliphatic carbocycles. The van der Waals surface area contributed by atoms with E-state index in [1.807, 2.05) is 18.2 Å². The number of ether oxygens (including phenoxy) is 1. The lowest BCUT2D eigenvalue weighted by Gasteiger charge is -2.36. The summed E-state index contributed by atoms with van der Waals surface area (Å²) in [4.78, 5) is 2.44. The molecule has 2 atom stereocenters. The van der Waals surface area contributed by atoms with Crippen LogP contribution >= 0.6 is 0 Å². The van der Waals surface area contributed by atoms with Gasteiger partial charge in [-0.2, -0.15) is 0 Å². The molecule has 1 heterocycles. The van der Waals surface area contributed by atoms with E-state index >= 15 is 0 Å². The summed E-state index contributed by atoms with van der Waals surface area (Å²) in [6, 6.07) is 8.64. The van der Waals surface area contributed by atoms with Gasteiger partial charge in [-0.05, 0) is 31.7 Å². The molecule has 2 rings (SSSR count). The number of benzene rings is 1. The van der Waals surface area contributed by atoms with Gasteiger partial charge < -0.3 is 9.84 Å². The maximum Gasteiger partial charge on any atom is 0.126 e. The smallest absolute Gasteiger partial charge is 0.126 e. The molecule has 0 amide bonds. The van der Waals surface area contributed by atoms with Crippen molar-refractivity contribution in [1.29, 1.82) is 0 Å². The monoisotopic (exact) mass is 275 g/mol. The van der Waals surface area contributed by atoms with Crippen molar-refractivity contribution in [3.05, 3.63) is 35.9 Å². The van der Waals surface area contributed by atoms with Crippen LogP contribution in [0.5, 0.6) is 5.75 Å². The summed E-state index contributed by atoms with van der Waals surface area (Å²) < 4.78 is 5.35. The Hall–Kier alpha value is -1.32. The van der Waals surface area contributed by atoms with Gasteiger partial charge in [-0.3, -0.25) is 4.90 Å². The second-order valence-corrected chi connectivity index (χ2v) is 5.57. The van der Waals surface area contributed by atoms with Gasteiger partial charge in [-0.25, -0.2) is 0 Å². The first-order chi connectivity index (χ1) is 9.74. The highest BCUT2D eigenvalue weighted by Gasteiger charge is 2.23. The van der Waals surface area contributed by atoms with E-state index in [1.165, 1.54) is 6.42 Å². The molecule has 3 nitrogen and oxygen atoms in total. The average Bonchev–Trinajstić information content (AvgIpc) is 2.49. The summed E-state index contributed by atoms with van der Waals surface area (Å²) in [6.45, 7) is 4.49. The number of likely N-dealkylation sites (tertiary alicyclic amines) is 1. The summed E-state index contributed by atoms with van der Waals surface area (Å²) >= 11 is 0. The van der Waals surface area contributed by atoms with Crippen molar-refractivity contribution in [3.63, 3.8) is 0 Å². The molecule has 1 N–H and O–H groups in total. The topological polar surface area (TPSA) is 32.7 Å². The van der Waals surface area contributed by atoms with E-state index in [0.29, 0.717) is 18.6 Å². The molecule has 1 aliphatic heterocycles. The molecule has 1 aromatic rings. The maximum absolute atomic E-state index is 9.31. The van der Waals surface area contributed by atoms with E-state index in [9.17, 15) is 5.11 Å². The fourth-order valence-corrected chi connectivity index (χ4v) is 2.79. The maximum atomic E-state index is 9.31. The minimum Gasteiger partial charge on any atom is -0.496 e. The van der Waals surface area contributed by atoms with Crippen LogP contribution in [0.15, 0.2) is 30.3 Å². The van der Waals surface area contributed by atoms with Crippen molar-refractivity contribution in [1.82, 2.24) is 4.90 Å². The molecule has 3 heteroatoms. The lowest BCUT2D eigenvalue weighted by molar-refractivity contribution is 0.0925. The minimum absolute atomic E-state index is 0.305. The summed E-state index contributed by atoms with van der Waals surface area (Å²) in [7, 11) is 1.70.